The van der Waals surface area contributed by atoms with Gasteiger partial charge in [0.2, 0.25) is 5.88 Å². The van der Waals surface area contributed by atoms with Crippen molar-refractivity contribution in [3.8, 4) is 11.6 Å². The van der Waals surface area contributed by atoms with E-state index in [1.165, 1.54) is 27.8 Å². The van der Waals surface area contributed by atoms with Gasteiger partial charge in [0.15, 0.2) is 0 Å². The van der Waals surface area contributed by atoms with Crippen molar-refractivity contribution in [1.29, 1.82) is 0 Å². The highest BCUT2D eigenvalue weighted by Crippen LogP contribution is 2.38. The molecule has 0 spiro atoms. The van der Waals surface area contributed by atoms with Gasteiger partial charge in [0, 0.05) is 17.6 Å². The predicted molar refractivity (Wildman–Crippen MR) is 183 cm³/mol. The number of benzene rings is 3. The van der Waals surface area contributed by atoms with E-state index in [1.807, 2.05) is 47.9 Å². The maximum atomic E-state index is 9.18. The second-order valence-electron chi connectivity index (χ2n) is 9.09. The molecule has 0 N–H and O–H groups in total. The van der Waals surface area contributed by atoms with Gasteiger partial charge in [-0.3, -0.25) is 4.79 Å². The first-order valence-corrected chi connectivity index (χ1v) is 17.7. The number of carbonyl (C=O) groups excluding carboxylic acids is 1. The molecule has 3 aromatic carbocycles. The second-order valence-corrected chi connectivity index (χ2v) is 11.1. The minimum absolute atomic E-state index is 0.431. The molecule has 1 unspecified atom stereocenters. The molecule has 5 aromatic rings. The Morgan fingerprint density at radius 2 is 1.76 bits per heavy atom. The second kappa shape index (κ2) is 16.0. The lowest BCUT2D eigenvalue weighted by Gasteiger charge is -2.17. The zero-order chi connectivity index (χ0) is 29.7. The van der Waals surface area contributed by atoms with Crippen molar-refractivity contribution in [3.05, 3.63) is 126 Å². The van der Waals surface area contributed by atoms with Crippen LogP contribution in [-0.2, 0) is 9.53 Å². The van der Waals surface area contributed by atoms with Crippen molar-refractivity contribution in [1.82, 2.24) is 14.5 Å². The number of aromatic nitrogens is 3. The molecule has 5 rings (SSSR count). The highest BCUT2D eigenvalue weighted by Gasteiger charge is 2.15. The lowest BCUT2D eigenvalue weighted by atomic mass is 9.87. The molecule has 0 bridgehead atoms. The number of carbonyl (C=O) groups is 1. The summed E-state index contributed by atoms with van der Waals surface area (Å²) in [5, 5.41) is 5.71. The fourth-order valence-corrected chi connectivity index (χ4v) is 6.14. The number of hydrogen-bond acceptors (Lipinski definition) is 5. The number of halogens is 1. The molecule has 0 aliphatic heterocycles. The molecule has 0 saturated carbocycles. The minimum Gasteiger partial charge on any atom is -0.468 e. The summed E-state index contributed by atoms with van der Waals surface area (Å²) < 4.78 is 12.3. The molecule has 0 aliphatic rings. The first-order chi connectivity index (χ1) is 20.6. The summed E-state index contributed by atoms with van der Waals surface area (Å²) in [6.07, 6.45) is 9.32. The average Bonchev–Trinajstić information content (AvgIpc) is 3.44. The third-order valence-corrected chi connectivity index (χ3v) is 8.32. The zero-order valence-electron chi connectivity index (χ0n) is 23.8. The summed E-state index contributed by atoms with van der Waals surface area (Å²) in [6, 6.07) is 29.4. The predicted octanol–water partition coefficient (Wildman–Crippen LogP) is 9.60. The van der Waals surface area contributed by atoms with E-state index in [0.29, 0.717) is 25.3 Å². The van der Waals surface area contributed by atoms with Crippen LogP contribution in [0.2, 0.25) is 0 Å². The van der Waals surface area contributed by atoms with E-state index < -0.39 is 0 Å². The first kappa shape index (κ1) is 31.1. The van der Waals surface area contributed by atoms with Crippen LogP contribution >= 0.6 is 28.4 Å². The van der Waals surface area contributed by atoms with Crippen molar-refractivity contribution < 1.29 is 14.3 Å². The van der Waals surface area contributed by atoms with Crippen LogP contribution in [0.15, 0.2) is 103 Å². The molecule has 214 valence electrons. The van der Waals surface area contributed by atoms with Crippen LogP contribution in [0.5, 0.6) is 11.6 Å². The zero-order valence-corrected chi connectivity index (χ0v) is 27.0. The van der Waals surface area contributed by atoms with E-state index in [2.05, 4.69) is 111 Å². The van der Waals surface area contributed by atoms with Crippen LogP contribution in [0.25, 0.3) is 28.1 Å². The monoisotopic (exact) mass is 689 g/mol. The molecule has 6 nitrogen and oxygen atoms in total. The molecular weight excluding hydrogens is 656 g/mol. The van der Waals surface area contributed by atoms with Crippen molar-refractivity contribution >= 4 is 63.0 Å². The molecule has 0 saturated heterocycles. The van der Waals surface area contributed by atoms with E-state index in [1.54, 1.807) is 13.1 Å². The largest absolute Gasteiger partial charge is 0.468 e. The van der Waals surface area contributed by atoms with Gasteiger partial charge in [0.1, 0.15) is 5.75 Å². The smallest absolute Gasteiger partial charge is 0.293 e. The number of fused-ring (bicyclic) bond motifs is 1. The Bertz CT molecular complexity index is 1670. The summed E-state index contributed by atoms with van der Waals surface area (Å²) in [6.45, 7) is 6.92. The maximum Gasteiger partial charge on any atom is 0.293 e. The van der Waals surface area contributed by atoms with Crippen LogP contribution in [0.3, 0.4) is 0 Å². The van der Waals surface area contributed by atoms with Crippen molar-refractivity contribution in [2.45, 2.75) is 27.2 Å². The van der Waals surface area contributed by atoms with Crippen molar-refractivity contribution in [2.24, 2.45) is 0 Å². The van der Waals surface area contributed by atoms with Crippen molar-refractivity contribution in [2.75, 3.05) is 6.61 Å². The fourth-order valence-electron chi connectivity index (χ4n) is 4.59. The number of rotatable bonds is 10. The summed E-state index contributed by atoms with van der Waals surface area (Å²) in [4.78, 5) is 13.5. The summed E-state index contributed by atoms with van der Waals surface area (Å²) in [5.74, 6) is 1.35. The first-order valence-electron chi connectivity index (χ1n) is 13.7. The molecule has 0 fully saturated rings. The highest BCUT2D eigenvalue weighted by atomic mass is 127. The lowest BCUT2D eigenvalue weighted by Crippen LogP contribution is -1.96. The molecule has 1 atom stereocenters. The van der Waals surface area contributed by atoms with E-state index in [-0.39, 0.29) is 0 Å². The third kappa shape index (κ3) is 7.93. The molecular formula is C34H33IN3O3P. The average molecular weight is 690 g/mol. The molecule has 2 heterocycles. The SMILES string of the molecule is C/C=C/c1ccc(/C(=C(/CC)c2cccc(Oc3ccccn3)c2)c2ccc3c(cnn3PI)c2)cc1.CCOC=O. The third-order valence-electron chi connectivity index (χ3n) is 6.43. The normalized spacial score (nSPS) is 11.8. The van der Waals surface area contributed by atoms with Crippen molar-refractivity contribution in [3.63, 3.8) is 0 Å². The van der Waals surface area contributed by atoms with E-state index in [4.69, 9.17) is 4.74 Å². The van der Waals surface area contributed by atoms with Crippen LogP contribution < -0.4 is 4.74 Å². The lowest BCUT2D eigenvalue weighted by molar-refractivity contribution is -0.128. The van der Waals surface area contributed by atoms with Gasteiger partial charge in [-0.15, -0.1) is 0 Å². The van der Waals surface area contributed by atoms with Gasteiger partial charge in [-0.1, -0.05) is 67.6 Å². The topological polar surface area (TPSA) is 66.2 Å². The molecule has 42 heavy (non-hydrogen) atoms. The van der Waals surface area contributed by atoms with Crippen LogP contribution in [0.1, 0.15) is 49.4 Å². The molecule has 2 aromatic heterocycles. The number of pyridine rings is 1. The summed E-state index contributed by atoms with van der Waals surface area (Å²) in [5.41, 5.74) is 8.31. The number of ether oxygens (including phenoxy) is 2. The maximum absolute atomic E-state index is 9.18. The van der Waals surface area contributed by atoms with Crippen LogP contribution in [0.4, 0.5) is 0 Å². The van der Waals surface area contributed by atoms with E-state index >= 15 is 0 Å². The quantitative estimate of drug-likeness (QED) is 0.0633. The molecule has 0 amide bonds. The van der Waals surface area contributed by atoms with Gasteiger partial charge in [-0.05, 0) is 106 Å². The Morgan fingerprint density at radius 1 is 0.952 bits per heavy atom. The van der Waals surface area contributed by atoms with Gasteiger partial charge in [-0.25, -0.2) is 9.44 Å². The Labute approximate surface area is 261 Å². The number of hydrogen-bond donors (Lipinski definition) is 0. The molecule has 0 radical (unpaired) electrons. The van der Waals surface area contributed by atoms with Gasteiger partial charge in [0.05, 0.1) is 24.7 Å². The number of nitrogens with zero attached hydrogens (tertiary/aromatic N) is 3. The Hall–Kier alpha value is -3.81. The minimum atomic E-state index is 0.431. The van der Waals surface area contributed by atoms with Gasteiger partial charge < -0.3 is 9.47 Å². The Balaban J connectivity index is 0.000000748. The fraction of sp³-hybridized carbons (Fsp3) is 0.147. The summed E-state index contributed by atoms with van der Waals surface area (Å²) >= 11 is 2.37. The van der Waals surface area contributed by atoms with E-state index in [0.717, 1.165) is 28.6 Å². The molecule has 0 aliphatic carbocycles. The van der Waals surface area contributed by atoms with Gasteiger partial charge >= 0.3 is 0 Å². The Kier molecular flexibility index (Phi) is 11.9. The standard InChI is InChI=1S/C31H27IN3OP.C3H6O2/c1-3-8-22-12-14-23(15-13-22)31(25-16-17-29-26(19-25)21-34-35(29)37-32)28(4-2)24-9-7-10-27(20-24)36-30-11-5-6-18-33-30;1-2-5-3-4/h3,5-21,37H,4H2,1-2H3;3H,2H2,1H3/b8-3+,31-28+;. The Morgan fingerprint density at radius 3 is 2.40 bits per heavy atom. The van der Waals surface area contributed by atoms with E-state index in [9.17, 15) is 4.79 Å². The molecule has 8 heteroatoms. The highest BCUT2D eigenvalue weighted by molar-refractivity contribution is 14.2. The summed E-state index contributed by atoms with van der Waals surface area (Å²) in [7, 11) is 0. The van der Waals surface area contributed by atoms with Gasteiger partial charge in [0.25, 0.3) is 6.47 Å². The van der Waals surface area contributed by atoms with Gasteiger partial charge in [-0.2, -0.15) is 5.10 Å². The van der Waals surface area contributed by atoms with Crippen LogP contribution in [0, 0.1) is 0 Å². The number of allylic oxidation sites excluding steroid dienone is 2. The van der Waals surface area contributed by atoms with Crippen LogP contribution in [-0.4, -0.2) is 27.6 Å².